The summed E-state index contributed by atoms with van der Waals surface area (Å²) in [4.78, 5) is 25.0. The Hall–Kier alpha value is -1.26. The Kier molecular flexibility index (Phi) is 3.50. The molecule has 1 aliphatic carbocycles. The van der Waals surface area contributed by atoms with Gasteiger partial charge in [-0.2, -0.15) is 0 Å². The van der Waals surface area contributed by atoms with E-state index in [9.17, 15) is 9.59 Å². The second kappa shape index (κ2) is 4.78. The highest BCUT2D eigenvalue weighted by Crippen LogP contribution is 2.51. The zero-order chi connectivity index (χ0) is 13.3. The van der Waals surface area contributed by atoms with Crippen molar-refractivity contribution in [3.8, 4) is 0 Å². The quantitative estimate of drug-likeness (QED) is 0.786. The number of nitrogens with zero attached hydrogens (tertiary/aromatic N) is 1. The average molecular weight is 253 g/mol. The van der Waals surface area contributed by atoms with Gasteiger partial charge < -0.3 is 15.5 Å². The lowest BCUT2D eigenvalue weighted by atomic mass is 9.92. The van der Waals surface area contributed by atoms with Crippen LogP contribution in [0.3, 0.4) is 0 Å². The predicted molar refractivity (Wildman–Crippen MR) is 69.1 cm³/mol. The molecule has 3 amide bonds. The van der Waals surface area contributed by atoms with Gasteiger partial charge >= 0.3 is 6.03 Å². The molecule has 5 nitrogen and oxygen atoms in total. The molecule has 0 aromatic heterocycles. The third kappa shape index (κ3) is 2.76. The first-order valence-corrected chi connectivity index (χ1v) is 6.75. The van der Waals surface area contributed by atoms with E-state index in [0.29, 0.717) is 17.9 Å². The minimum Gasteiger partial charge on any atom is -0.350 e. The third-order valence-electron chi connectivity index (χ3n) is 4.23. The van der Waals surface area contributed by atoms with E-state index in [1.807, 2.05) is 6.92 Å². The summed E-state index contributed by atoms with van der Waals surface area (Å²) >= 11 is 0. The van der Waals surface area contributed by atoms with Gasteiger partial charge in [-0.25, -0.2) is 4.79 Å². The van der Waals surface area contributed by atoms with E-state index < -0.39 is 0 Å². The summed E-state index contributed by atoms with van der Waals surface area (Å²) < 4.78 is 0. The fourth-order valence-corrected chi connectivity index (χ4v) is 2.57. The van der Waals surface area contributed by atoms with E-state index in [1.54, 1.807) is 4.90 Å². The van der Waals surface area contributed by atoms with E-state index in [1.165, 1.54) is 12.8 Å². The van der Waals surface area contributed by atoms with Crippen LogP contribution in [-0.4, -0.2) is 42.5 Å². The van der Waals surface area contributed by atoms with Crippen LogP contribution >= 0.6 is 0 Å². The number of rotatable bonds is 3. The van der Waals surface area contributed by atoms with Gasteiger partial charge in [0, 0.05) is 19.1 Å². The highest BCUT2D eigenvalue weighted by molar-refractivity contribution is 5.85. The number of piperazine rings is 1. The molecule has 5 heteroatoms. The Morgan fingerprint density at radius 3 is 2.72 bits per heavy atom. The number of hydrogen-bond acceptors (Lipinski definition) is 2. The van der Waals surface area contributed by atoms with Gasteiger partial charge in [-0.3, -0.25) is 4.79 Å². The Labute approximate surface area is 108 Å². The fraction of sp³-hybridized carbons (Fsp3) is 0.846. The van der Waals surface area contributed by atoms with Gasteiger partial charge in [-0.05, 0) is 31.1 Å². The van der Waals surface area contributed by atoms with E-state index in [-0.39, 0.29) is 24.5 Å². The summed E-state index contributed by atoms with van der Waals surface area (Å²) in [6.45, 7) is 7.81. The SMILES string of the molecule is CC(C)C1(CNC(=O)N2CC(=O)N[C@@H](C)C2)CC1. The van der Waals surface area contributed by atoms with Crippen molar-refractivity contribution in [2.45, 2.75) is 39.7 Å². The van der Waals surface area contributed by atoms with Crippen molar-refractivity contribution in [1.29, 1.82) is 0 Å². The number of hydrogen-bond donors (Lipinski definition) is 2. The molecule has 0 spiro atoms. The lowest BCUT2D eigenvalue weighted by Crippen LogP contribution is -2.57. The molecular weight excluding hydrogens is 230 g/mol. The average Bonchev–Trinajstić information content (AvgIpc) is 3.05. The van der Waals surface area contributed by atoms with E-state index in [2.05, 4.69) is 24.5 Å². The second-order valence-corrected chi connectivity index (χ2v) is 6.02. The van der Waals surface area contributed by atoms with Gasteiger partial charge in [0.1, 0.15) is 6.54 Å². The standard InChI is InChI=1S/C13H23N3O2/c1-9(2)13(4-5-13)8-14-12(18)16-6-10(3)15-11(17)7-16/h9-10H,4-8H2,1-3H3,(H,14,18)(H,15,17)/t10-/m0/s1. The summed E-state index contributed by atoms with van der Waals surface area (Å²) in [6.07, 6.45) is 2.39. The highest BCUT2D eigenvalue weighted by Gasteiger charge is 2.45. The van der Waals surface area contributed by atoms with Crippen LogP contribution in [0.1, 0.15) is 33.6 Å². The summed E-state index contributed by atoms with van der Waals surface area (Å²) in [6, 6.07) is -0.0689. The molecule has 2 aliphatic rings. The Morgan fingerprint density at radius 1 is 1.56 bits per heavy atom. The molecule has 102 valence electrons. The number of nitrogens with one attached hydrogen (secondary N) is 2. The minimum absolute atomic E-state index is 0.0389. The van der Waals surface area contributed by atoms with Crippen molar-refractivity contribution in [2.24, 2.45) is 11.3 Å². The minimum atomic E-state index is -0.108. The van der Waals surface area contributed by atoms with Gasteiger partial charge in [0.05, 0.1) is 0 Å². The molecule has 1 saturated carbocycles. The molecule has 2 N–H and O–H groups in total. The highest BCUT2D eigenvalue weighted by atomic mass is 16.2. The van der Waals surface area contributed by atoms with Crippen LogP contribution in [0.25, 0.3) is 0 Å². The van der Waals surface area contributed by atoms with Crippen molar-refractivity contribution >= 4 is 11.9 Å². The predicted octanol–water partition coefficient (Wildman–Crippen LogP) is 0.952. The molecule has 1 aliphatic heterocycles. The topological polar surface area (TPSA) is 61.4 Å². The van der Waals surface area contributed by atoms with E-state index in [0.717, 1.165) is 6.54 Å². The monoisotopic (exact) mass is 253 g/mol. The smallest absolute Gasteiger partial charge is 0.317 e. The zero-order valence-electron chi connectivity index (χ0n) is 11.5. The van der Waals surface area contributed by atoms with Crippen LogP contribution in [0.5, 0.6) is 0 Å². The van der Waals surface area contributed by atoms with Gasteiger partial charge in [0.15, 0.2) is 0 Å². The third-order valence-corrected chi connectivity index (χ3v) is 4.23. The molecule has 18 heavy (non-hydrogen) atoms. The van der Waals surface area contributed by atoms with Gasteiger partial charge in [-0.1, -0.05) is 13.8 Å². The molecule has 1 saturated heterocycles. The Balaban J connectivity index is 1.83. The van der Waals surface area contributed by atoms with Crippen LogP contribution in [-0.2, 0) is 4.79 Å². The summed E-state index contributed by atoms with van der Waals surface area (Å²) in [7, 11) is 0. The maximum absolute atomic E-state index is 12.0. The number of amides is 3. The first-order chi connectivity index (χ1) is 8.43. The first-order valence-electron chi connectivity index (χ1n) is 6.75. The van der Waals surface area contributed by atoms with Gasteiger partial charge in [-0.15, -0.1) is 0 Å². The lowest BCUT2D eigenvalue weighted by Gasteiger charge is -2.32. The molecule has 0 bridgehead atoms. The van der Waals surface area contributed by atoms with Crippen molar-refractivity contribution in [3.63, 3.8) is 0 Å². The van der Waals surface area contributed by atoms with E-state index >= 15 is 0 Å². The largest absolute Gasteiger partial charge is 0.350 e. The molecule has 1 atom stereocenters. The molecule has 2 rings (SSSR count). The fourth-order valence-electron chi connectivity index (χ4n) is 2.57. The van der Waals surface area contributed by atoms with Crippen LogP contribution in [0.2, 0.25) is 0 Å². The molecule has 0 radical (unpaired) electrons. The normalized spacial score (nSPS) is 25.9. The summed E-state index contributed by atoms with van der Waals surface area (Å²) in [5, 5.41) is 5.79. The maximum atomic E-state index is 12.0. The van der Waals surface area contributed by atoms with Gasteiger partial charge in [0.25, 0.3) is 0 Å². The molecule has 2 fully saturated rings. The Morgan fingerprint density at radius 2 is 2.22 bits per heavy atom. The van der Waals surface area contributed by atoms with Crippen molar-refractivity contribution < 1.29 is 9.59 Å². The van der Waals surface area contributed by atoms with Gasteiger partial charge in [0.2, 0.25) is 5.91 Å². The first kappa shape index (κ1) is 13.2. The molecule has 0 aromatic rings. The molecule has 0 aromatic carbocycles. The van der Waals surface area contributed by atoms with Crippen molar-refractivity contribution in [1.82, 2.24) is 15.5 Å². The molecule has 1 heterocycles. The molecule has 0 unspecified atom stereocenters. The second-order valence-electron chi connectivity index (χ2n) is 6.02. The number of carbonyl (C=O) groups excluding carboxylic acids is 2. The number of carbonyl (C=O) groups is 2. The van der Waals surface area contributed by atoms with Crippen molar-refractivity contribution in [3.05, 3.63) is 0 Å². The van der Waals surface area contributed by atoms with Crippen LogP contribution in [0.4, 0.5) is 4.79 Å². The number of urea groups is 1. The molecular formula is C13H23N3O2. The Bertz CT molecular complexity index is 350. The summed E-state index contributed by atoms with van der Waals surface area (Å²) in [5.74, 6) is 0.523. The lowest BCUT2D eigenvalue weighted by molar-refractivity contribution is -0.124. The van der Waals surface area contributed by atoms with E-state index in [4.69, 9.17) is 0 Å². The summed E-state index contributed by atoms with van der Waals surface area (Å²) in [5.41, 5.74) is 0.305. The van der Waals surface area contributed by atoms with Crippen LogP contribution in [0, 0.1) is 11.3 Å². The zero-order valence-corrected chi connectivity index (χ0v) is 11.5. The van der Waals surface area contributed by atoms with Crippen LogP contribution < -0.4 is 10.6 Å². The van der Waals surface area contributed by atoms with Crippen LogP contribution in [0.15, 0.2) is 0 Å². The maximum Gasteiger partial charge on any atom is 0.317 e. The van der Waals surface area contributed by atoms with Crippen molar-refractivity contribution in [2.75, 3.05) is 19.6 Å².